The molecular formula is C21H27NO5. The molecule has 6 heteroatoms. The topological polar surface area (TPSA) is 57.2 Å². The maximum absolute atomic E-state index is 12.7. The van der Waals surface area contributed by atoms with E-state index in [4.69, 9.17) is 18.9 Å². The number of morpholine rings is 1. The van der Waals surface area contributed by atoms with Gasteiger partial charge >= 0.3 is 6.09 Å². The Morgan fingerprint density at radius 2 is 1.96 bits per heavy atom. The molecule has 0 aliphatic carbocycles. The molecule has 2 atom stereocenters. The molecule has 2 fully saturated rings. The molecule has 146 valence electrons. The Bertz CT molecular complexity index is 732. The zero-order valence-electron chi connectivity index (χ0n) is 16.1. The fourth-order valence-electron chi connectivity index (χ4n) is 3.85. The van der Waals surface area contributed by atoms with Gasteiger partial charge in [-0.3, -0.25) is 4.90 Å². The summed E-state index contributed by atoms with van der Waals surface area (Å²) in [6.45, 7) is 7.95. The first kappa shape index (κ1) is 18.5. The van der Waals surface area contributed by atoms with E-state index in [9.17, 15) is 4.79 Å². The highest BCUT2D eigenvalue weighted by molar-refractivity contribution is 5.75. The van der Waals surface area contributed by atoms with Gasteiger partial charge in [-0.2, -0.15) is 0 Å². The van der Waals surface area contributed by atoms with Crippen LogP contribution in [0.2, 0.25) is 0 Å². The molecule has 1 aromatic rings. The van der Waals surface area contributed by atoms with Crippen LogP contribution in [-0.2, 0) is 18.9 Å². The van der Waals surface area contributed by atoms with Gasteiger partial charge in [-0.1, -0.05) is 24.3 Å². The van der Waals surface area contributed by atoms with Crippen molar-refractivity contribution in [3.05, 3.63) is 41.5 Å². The van der Waals surface area contributed by atoms with E-state index in [0.29, 0.717) is 26.4 Å². The molecule has 0 N–H and O–H groups in total. The van der Waals surface area contributed by atoms with Crippen LogP contribution in [0.25, 0.3) is 5.57 Å². The van der Waals surface area contributed by atoms with Crippen molar-refractivity contribution in [1.29, 1.82) is 0 Å². The number of benzene rings is 1. The Balaban J connectivity index is 1.57. The number of fused-ring (bicyclic) bond motifs is 2. The molecule has 0 spiro atoms. The standard InChI is InChI=1S/C21H27NO5/c1-21(2,3)27-20(23)22-17-10-16(11-18(22)13-24-12-17)14-5-4-6-15(9-14)19-25-7-8-26-19/h4-6,9-10,17-19H,7-8,11-13H2,1-3H3. The molecule has 1 amide bonds. The van der Waals surface area contributed by atoms with Gasteiger partial charge in [0.15, 0.2) is 6.29 Å². The summed E-state index contributed by atoms with van der Waals surface area (Å²) in [6.07, 6.45) is 2.33. The normalized spacial score (nSPS) is 26.0. The summed E-state index contributed by atoms with van der Waals surface area (Å²) < 4.78 is 22.6. The first-order valence-electron chi connectivity index (χ1n) is 9.54. The summed E-state index contributed by atoms with van der Waals surface area (Å²) in [7, 11) is 0. The van der Waals surface area contributed by atoms with E-state index in [1.807, 2.05) is 37.8 Å². The van der Waals surface area contributed by atoms with Gasteiger partial charge in [0.1, 0.15) is 5.60 Å². The quantitative estimate of drug-likeness (QED) is 0.794. The van der Waals surface area contributed by atoms with Crippen molar-refractivity contribution in [2.75, 3.05) is 26.4 Å². The molecule has 6 nitrogen and oxygen atoms in total. The summed E-state index contributed by atoms with van der Waals surface area (Å²) in [6, 6.07) is 8.17. The average molecular weight is 373 g/mol. The minimum Gasteiger partial charge on any atom is -0.444 e. The van der Waals surface area contributed by atoms with Crippen molar-refractivity contribution < 1.29 is 23.7 Å². The smallest absolute Gasteiger partial charge is 0.411 e. The van der Waals surface area contributed by atoms with Crippen LogP contribution in [0.4, 0.5) is 4.79 Å². The van der Waals surface area contributed by atoms with E-state index in [1.54, 1.807) is 0 Å². The Morgan fingerprint density at radius 3 is 2.67 bits per heavy atom. The van der Waals surface area contributed by atoms with Gasteiger partial charge in [0.05, 0.1) is 38.5 Å². The van der Waals surface area contributed by atoms with Crippen molar-refractivity contribution in [3.63, 3.8) is 0 Å². The Kier molecular flexibility index (Phi) is 4.97. The number of amides is 1. The van der Waals surface area contributed by atoms with Crippen LogP contribution in [0, 0.1) is 0 Å². The Labute approximate surface area is 160 Å². The van der Waals surface area contributed by atoms with E-state index < -0.39 is 5.60 Å². The van der Waals surface area contributed by atoms with E-state index in [0.717, 1.165) is 17.5 Å². The third-order valence-electron chi connectivity index (χ3n) is 4.95. The van der Waals surface area contributed by atoms with Gasteiger partial charge in [-0.05, 0) is 44.4 Å². The van der Waals surface area contributed by atoms with Crippen LogP contribution in [0.5, 0.6) is 0 Å². The molecular weight excluding hydrogens is 346 g/mol. The van der Waals surface area contributed by atoms with Gasteiger partial charge in [-0.15, -0.1) is 0 Å². The fourth-order valence-corrected chi connectivity index (χ4v) is 3.85. The van der Waals surface area contributed by atoms with Crippen LogP contribution in [0.15, 0.2) is 30.3 Å². The second-order valence-corrected chi connectivity index (χ2v) is 8.24. The van der Waals surface area contributed by atoms with E-state index in [1.165, 1.54) is 5.57 Å². The lowest BCUT2D eigenvalue weighted by Gasteiger charge is -2.44. The van der Waals surface area contributed by atoms with Crippen LogP contribution < -0.4 is 0 Å². The van der Waals surface area contributed by atoms with Gasteiger partial charge in [-0.25, -0.2) is 4.79 Å². The highest BCUT2D eigenvalue weighted by Gasteiger charge is 2.40. The minimum atomic E-state index is -0.508. The predicted octanol–water partition coefficient (Wildman–Crippen LogP) is 3.52. The van der Waals surface area contributed by atoms with Crippen LogP contribution in [-0.4, -0.2) is 55.1 Å². The van der Waals surface area contributed by atoms with Crippen molar-refractivity contribution in [1.82, 2.24) is 4.90 Å². The minimum absolute atomic E-state index is 0.0127. The number of nitrogens with zero attached hydrogens (tertiary/aromatic N) is 1. The summed E-state index contributed by atoms with van der Waals surface area (Å²) >= 11 is 0. The van der Waals surface area contributed by atoms with E-state index >= 15 is 0 Å². The summed E-state index contributed by atoms with van der Waals surface area (Å²) in [5.41, 5.74) is 2.90. The third-order valence-corrected chi connectivity index (χ3v) is 4.95. The number of carbonyl (C=O) groups is 1. The number of hydrogen-bond acceptors (Lipinski definition) is 5. The van der Waals surface area contributed by atoms with Crippen molar-refractivity contribution in [3.8, 4) is 0 Å². The summed E-state index contributed by atoms with van der Waals surface area (Å²) in [5, 5.41) is 0. The molecule has 1 aromatic carbocycles. The molecule has 0 saturated carbocycles. The van der Waals surface area contributed by atoms with Crippen LogP contribution in [0.3, 0.4) is 0 Å². The highest BCUT2D eigenvalue weighted by atomic mass is 16.7. The first-order chi connectivity index (χ1) is 12.9. The number of carbonyl (C=O) groups excluding carboxylic acids is 1. The van der Waals surface area contributed by atoms with Gasteiger partial charge in [0.2, 0.25) is 0 Å². The molecule has 2 saturated heterocycles. The van der Waals surface area contributed by atoms with E-state index in [2.05, 4.69) is 18.2 Å². The molecule has 3 aliphatic rings. The van der Waals surface area contributed by atoms with Gasteiger partial charge < -0.3 is 18.9 Å². The third kappa shape index (κ3) is 4.03. The molecule has 0 radical (unpaired) electrons. The second-order valence-electron chi connectivity index (χ2n) is 8.24. The number of rotatable bonds is 2. The number of ether oxygens (including phenoxy) is 4. The Hall–Kier alpha value is -1.89. The molecule has 0 aromatic heterocycles. The van der Waals surface area contributed by atoms with Crippen LogP contribution in [0.1, 0.15) is 44.6 Å². The molecule has 3 heterocycles. The molecule has 2 bridgehead atoms. The maximum Gasteiger partial charge on any atom is 0.411 e. The lowest BCUT2D eigenvalue weighted by molar-refractivity contribution is -0.0510. The molecule has 4 rings (SSSR count). The SMILES string of the molecule is CC(C)(C)OC(=O)N1C2C=C(c3cccc(C4OCCO4)c3)CC1COC2. The second kappa shape index (κ2) is 7.26. The zero-order chi connectivity index (χ0) is 19.0. The van der Waals surface area contributed by atoms with E-state index in [-0.39, 0.29) is 24.5 Å². The predicted molar refractivity (Wildman–Crippen MR) is 100 cm³/mol. The zero-order valence-corrected chi connectivity index (χ0v) is 16.1. The molecule has 2 unspecified atom stereocenters. The fraction of sp³-hybridized carbons (Fsp3) is 0.571. The molecule has 3 aliphatic heterocycles. The number of hydrogen-bond donors (Lipinski definition) is 0. The summed E-state index contributed by atoms with van der Waals surface area (Å²) in [5.74, 6) is 0. The largest absolute Gasteiger partial charge is 0.444 e. The van der Waals surface area contributed by atoms with Crippen molar-refractivity contribution in [2.45, 2.75) is 51.2 Å². The monoisotopic (exact) mass is 373 g/mol. The van der Waals surface area contributed by atoms with Crippen molar-refractivity contribution >= 4 is 11.7 Å². The van der Waals surface area contributed by atoms with Gasteiger partial charge in [0.25, 0.3) is 0 Å². The lowest BCUT2D eigenvalue weighted by atomic mass is 9.89. The highest BCUT2D eigenvalue weighted by Crippen LogP contribution is 2.35. The Morgan fingerprint density at radius 1 is 1.19 bits per heavy atom. The molecule has 27 heavy (non-hydrogen) atoms. The van der Waals surface area contributed by atoms with Crippen molar-refractivity contribution in [2.24, 2.45) is 0 Å². The first-order valence-corrected chi connectivity index (χ1v) is 9.54. The lowest BCUT2D eigenvalue weighted by Crippen LogP contribution is -2.57. The van der Waals surface area contributed by atoms with Crippen LogP contribution >= 0.6 is 0 Å². The van der Waals surface area contributed by atoms with Gasteiger partial charge in [0, 0.05) is 5.56 Å². The summed E-state index contributed by atoms with van der Waals surface area (Å²) in [4.78, 5) is 14.5. The maximum atomic E-state index is 12.7. The average Bonchev–Trinajstić information content (AvgIpc) is 3.14.